The van der Waals surface area contributed by atoms with Crippen molar-refractivity contribution in [2.75, 3.05) is 20.8 Å². The van der Waals surface area contributed by atoms with Gasteiger partial charge in [0.15, 0.2) is 25.0 Å². The van der Waals surface area contributed by atoms with Crippen molar-refractivity contribution in [3.05, 3.63) is 11.9 Å². The largest absolute Gasteiger partial charge is 0.465 e. The number of nitrogens with two attached hydrogens (primary N) is 1. The fraction of sp³-hybridized carbons (Fsp3) is 0.897. The standard InChI is InChI=1S/C39H77N5O8Si3/c1-36(2,3)53(12,13)50-29-23-39(48-11,35(46)47-10)49-34(32(29)41-31(45)26-44-25-28(42-43-44)27-21-19-18-20-22-27)33(52-55(16,17)38(7,8)9)30(24-40)51-54(14,15)37(4,5)6/h25,27,29-30,32-34H,18-24,26,40H2,1-17H3,(H,41,45)/t29?,30-,32?,33-,34?,39?/m1/s1. The molecular formula is C39H77N5O8Si3. The molecule has 3 N–H and O–H groups in total. The maximum absolute atomic E-state index is 14.3. The Morgan fingerprint density at radius 2 is 1.45 bits per heavy atom. The zero-order valence-electron chi connectivity index (χ0n) is 37.4. The van der Waals surface area contributed by atoms with Crippen LogP contribution in [-0.4, -0.2) is 109 Å². The first kappa shape index (κ1) is 47.9. The highest BCUT2D eigenvalue weighted by Gasteiger charge is 2.60. The van der Waals surface area contributed by atoms with Crippen LogP contribution in [0.2, 0.25) is 54.4 Å². The van der Waals surface area contributed by atoms with Crippen LogP contribution >= 0.6 is 0 Å². The molecule has 318 valence electrons. The minimum atomic E-state index is -2.61. The van der Waals surface area contributed by atoms with Gasteiger partial charge in [0.05, 0.1) is 37.2 Å². The molecule has 1 aliphatic heterocycles. The first-order valence-corrected chi connectivity index (χ1v) is 29.0. The van der Waals surface area contributed by atoms with Crippen molar-refractivity contribution in [2.45, 2.75) is 204 Å². The van der Waals surface area contributed by atoms with E-state index in [-0.39, 0.29) is 40.5 Å². The average molecular weight is 828 g/mol. The first-order chi connectivity index (χ1) is 25.0. The maximum atomic E-state index is 14.3. The van der Waals surface area contributed by atoms with Crippen LogP contribution in [0.4, 0.5) is 0 Å². The monoisotopic (exact) mass is 828 g/mol. The molecule has 1 aliphatic carbocycles. The Morgan fingerprint density at radius 1 is 0.909 bits per heavy atom. The molecule has 0 spiro atoms. The van der Waals surface area contributed by atoms with E-state index in [1.807, 2.05) is 6.20 Å². The summed E-state index contributed by atoms with van der Waals surface area (Å²) in [6.07, 6.45) is 4.36. The zero-order chi connectivity index (χ0) is 42.0. The van der Waals surface area contributed by atoms with Gasteiger partial charge in [-0.2, -0.15) is 0 Å². The average Bonchev–Trinajstić information content (AvgIpc) is 3.53. The van der Waals surface area contributed by atoms with Gasteiger partial charge < -0.3 is 38.5 Å². The van der Waals surface area contributed by atoms with Gasteiger partial charge in [0.25, 0.3) is 5.79 Å². The lowest BCUT2D eigenvalue weighted by Crippen LogP contribution is -2.71. The molecule has 1 aromatic heterocycles. The van der Waals surface area contributed by atoms with Crippen molar-refractivity contribution in [2.24, 2.45) is 5.73 Å². The molecule has 2 heterocycles. The number of aromatic nitrogens is 3. The Hall–Kier alpha value is -1.51. The van der Waals surface area contributed by atoms with E-state index in [2.05, 4.69) is 117 Å². The summed E-state index contributed by atoms with van der Waals surface area (Å²) in [4.78, 5) is 28.1. The number of nitrogens with zero attached hydrogens (tertiary/aromatic N) is 3. The lowest BCUT2D eigenvalue weighted by molar-refractivity contribution is -0.301. The highest BCUT2D eigenvalue weighted by atomic mass is 28.4. The van der Waals surface area contributed by atoms with Gasteiger partial charge in [-0.05, 0) is 67.2 Å². The molecule has 1 saturated heterocycles. The fourth-order valence-electron chi connectivity index (χ4n) is 6.59. The second-order valence-corrected chi connectivity index (χ2v) is 34.7. The maximum Gasteiger partial charge on any atom is 0.366 e. The van der Waals surface area contributed by atoms with Gasteiger partial charge in [0, 0.05) is 32.2 Å². The Labute approximate surface area is 335 Å². The third-order valence-electron chi connectivity index (χ3n) is 13.3. The summed E-state index contributed by atoms with van der Waals surface area (Å²) < 4.78 is 41.6. The molecule has 0 bridgehead atoms. The minimum absolute atomic E-state index is 0.0253. The molecule has 3 rings (SSSR count). The number of nitrogens with one attached hydrogen (secondary N) is 1. The van der Waals surface area contributed by atoms with E-state index < -0.39 is 67.2 Å². The van der Waals surface area contributed by atoms with Gasteiger partial charge in [-0.25, -0.2) is 9.48 Å². The highest BCUT2D eigenvalue weighted by Crippen LogP contribution is 2.46. The van der Waals surface area contributed by atoms with E-state index in [9.17, 15) is 9.59 Å². The Bertz CT molecular complexity index is 1430. The number of ether oxygens (including phenoxy) is 3. The van der Waals surface area contributed by atoms with Crippen molar-refractivity contribution >= 4 is 36.8 Å². The smallest absolute Gasteiger partial charge is 0.366 e. The van der Waals surface area contributed by atoms with E-state index in [0.717, 1.165) is 18.5 Å². The van der Waals surface area contributed by atoms with E-state index in [1.165, 1.54) is 33.5 Å². The van der Waals surface area contributed by atoms with Crippen LogP contribution in [0.1, 0.15) is 112 Å². The summed E-state index contributed by atoms with van der Waals surface area (Å²) in [5, 5.41) is 11.6. The zero-order valence-corrected chi connectivity index (χ0v) is 40.4. The molecule has 2 fully saturated rings. The topological polar surface area (TPSA) is 158 Å². The van der Waals surface area contributed by atoms with Crippen molar-refractivity contribution < 1.29 is 37.1 Å². The van der Waals surface area contributed by atoms with Crippen LogP contribution in [0.5, 0.6) is 0 Å². The molecule has 4 unspecified atom stereocenters. The molecule has 0 aromatic carbocycles. The van der Waals surface area contributed by atoms with Gasteiger partial charge >= 0.3 is 5.97 Å². The number of esters is 1. The van der Waals surface area contributed by atoms with E-state index in [1.54, 1.807) is 4.68 Å². The van der Waals surface area contributed by atoms with Crippen LogP contribution in [0.3, 0.4) is 0 Å². The van der Waals surface area contributed by atoms with Crippen LogP contribution in [0.15, 0.2) is 6.20 Å². The third kappa shape index (κ3) is 11.4. The quantitative estimate of drug-likeness (QED) is 0.136. The summed E-state index contributed by atoms with van der Waals surface area (Å²) in [7, 11) is -4.89. The van der Waals surface area contributed by atoms with Gasteiger partial charge in [-0.1, -0.05) is 86.8 Å². The second-order valence-electron chi connectivity index (χ2n) is 20.4. The van der Waals surface area contributed by atoms with E-state index in [0.29, 0.717) is 5.92 Å². The molecule has 13 nitrogen and oxygen atoms in total. The van der Waals surface area contributed by atoms with Crippen LogP contribution in [0.25, 0.3) is 0 Å². The molecule has 2 aliphatic rings. The number of carbonyl (C=O) groups excluding carboxylic acids is 2. The number of carbonyl (C=O) groups is 2. The van der Waals surface area contributed by atoms with Gasteiger partial charge in [0.2, 0.25) is 5.91 Å². The second kappa shape index (κ2) is 17.8. The molecule has 6 atom stereocenters. The molecule has 0 radical (unpaired) electrons. The number of hydrogen-bond donors (Lipinski definition) is 2. The van der Waals surface area contributed by atoms with Crippen molar-refractivity contribution in [1.82, 2.24) is 20.3 Å². The molecular weight excluding hydrogens is 751 g/mol. The lowest BCUT2D eigenvalue weighted by Gasteiger charge is -2.54. The van der Waals surface area contributed by atoms with Crippen LogP contribution < -0.4 is 11.1 Å². The van der Waals surface area contributed by atoms with Crippen molar-refractivity contribution in [3.63, 3.8) is 0 Å². The minimum Gasteiger partial charge on any atom is -0.465 e. The molecule has 1 aromatic rings. The van der Waals surface area contributed by atoms with Crippen LogP contribution in [-0.2, 0) is 43.6 Å². The number of methoxy groups -OCH3 is 2. The van der Waals surface area contributed by atoms with E-state index >= 15 is 0 Å². The summed E-state index contributed by atoms with van der Waals surface area (Å²) >= 11 is 0. The number of rotatable bonds is 15. The third-order valence-corrected chi connectivity index (χ3v) is 26.7. The Balaban J connectivity index is 2.25. The molecule has 16 heteroatoms. The highest BCUT2D eigenvalue weighted by molar-refractivity contribution is 6.75. The summed E-state index contributed by atoms with van der Waals surface area (Å²) in [5.74, 6) is -2.51. The predicted octanol–water partition coefficient (Wildman–Crippen LogP) is 7.25. The normalized spacial score (nSPS) is 25.0. The summed E-state index contributed by atoms with van der Waals surface area (Å²) in [5.41, 5.74) is 7.60. The Morgan fingerprint density at radius 3 is 1.95 bits per heavy atom. The van der Waals surface area contributed by atoms with Crippen LogP contribution in [0, 0.1) is 0 Å². The predicted molar refractivity (Wildman–Crippen MR) is 224 cm³/mol. The number of hydrogen-bond acceptors (Lipinski definition) is 11. The van der Waals surface area contributed by atoms with Crippen molar-refractivity contribution in [3.8, 4) is 0 Å². The summed E-state index contributed by atoms with van der Waals surface area (Å²) in [6.45, 7) is 32.5. The fourth-order valence-corrected chi connectivity index (χ4v) is 10.6. The summed E-state index contributed by atoms with van der Waals surface area (Å²) in [6, 6.07) is -0.803. The number of amides is 1. The SMILES string of the molecule is COC(=O)C1(OC)CC(O[Si](C)(C)C(C)(C)C)C(NC(=O)Cn2cc(C3CCCCC3)nn2)C([C@H](O[Si](C)(C)C(C)(C)C)[C@@H](CN)O[Si](C)(C)C(C)(C)C)O1. The molecule has 1 amide bonds. The Kier molecular flexibility index (Phi) is 15.5. The van der Waals surface area contributed by atoms with E-state index in [4.69, 9.17) is 33.2 Å². The van der Waals surface area contributed by atoms with Gasteiger partial charge in [-0.3, -0.25) is 4.79 Å². The molecule has 1 saturated carbocycles. The molecule has 55 heavy (non-hydrogen) atoms. The van der Waals surface area contributed by atoms with Crippen molar-refractivity contribution in [1.29, 1.82) is 0 Å². The first-order valence-electron chi connectivity index (χ1n) is 20.3. The van der Waals surface area contributed by atoms with Gasteiger partial charge in [0.1, 0.15) is 12.6 Å². The van der Waals surface area contributed by atoms with Gasteiger partial charge in [-0.15, -0.1) is 5.10 Å². The lowest BCUT2D eigenvalue weighted by atomic mass is 9.87.